The van der Waals surface area contributed by atoms with Crippen molar-refractivity contribution >= 4 is 22.6 Å². The smallest absolute Gasteiger partial charge is 1.00 e. The summed E-state index contributed by atoms with van der Waals surface area (Å²) in [5.41, 5.74) is 2.64. The van der Waals surface area contributed by atoms with Crippen LogP contribution in [-0.4, -0.2) is 28.1 Å². The summed E-state index contributed by atoms with van der Waals surface area (Å²) in [6, 6.07) is 9.32. The molecule has 0 aliphatic rings. The number of non-ortho nitro benzene ring substituents is 1. The number of ether oxygens (including phenoxy) is 1. The second-order valence-corrected chi connectivity index (χ2v) is 5.31. The van der Waals surface area contributed by atoms with Gasteiger partial charge in [0.2, 0.25) is 0 Å². The van der Waals surface area contributed by atoms with Crippen LogP contribution in [0.2, 0.25) is 0 Å². The number of aromatic nitrogens is 1. The zero-order chi connectivity index (χ0) is 17.3. The molecule has 0 saturated heterocycles. The maximum absolute atomic E-state index is 11.0. The molecule has 2 aromatic carbocycles. The van der Waals surface area contributed by atoms with Gasteiger partial charge in [-0.15, -0.1) is 0 Å². The summed E-state index contributed by atoms with van der Waals surface area (Å²) in [5, 5.41) is 20.8. The number of hydrogen-bond donors (Lipinski definition) is 2. The number of methoxy groups -OCH3 is 1. The summed E-state index contributed by atoms with van der Waals surface area (Å²) in [4.78, 5) is 24.7. The van der Waals surface area contributed by atoms with E-state index in [9.17, 15) is 14.9 Å². The topological polar surface area (TPSA) is 105 Å². The second-order valence-electron chi connectivity index (χ2n) is 5.31. The summed E-state index contributed by atoms with van der Waals surface area (Å²) in [6.07, 6.45) is 2.25. The normalized spacial score (nSPS) is 10.3. The predicted molar refractivity (Wildman–Crippen MR) is 88.8 cm³/mol. The Balaban J connectivity index is 0.00000169. The Hall–Kier alpha value is -2.35. The van der Waals surface area contributed by atoms with Crippen LogP contribution in [0.25, 0.3) is 10.9 Å². The molecule has 1 aromatic heterocycles. The largest absolute Gasteiger partial charge is 1.00 e. The van der Waals surface area contributed by atoms with Crippen molar-refractivity contribution in [2.45, 2.75) is 6.42 Å². The van der Waals surface area contributed by atoms with Gasteiger partial charge in [-0.3, -0.25) is 10.1 Å². The Morgan fingerprint density at radius 3 is 2.68 bits per heavy atom. The number of fused-ring (bicyclic) bond motifs is 1. The van der Waals surface area contributed by atoms with Crippen LogP contribution < -0.4 is 34.3 Å². The van der Waals surface area contributed by atoms with Crippen molar-refractivity contribution in [1.29, 1.82) is 0 Å². The number of nitrogens with zero attached hydrogens (tertiary/aromatic N) is 1. The van der Waals surface area contributed by atoms with Gasteiger partial charge in [0.05, 0.1) is 17.6 Å². The molecule has 7 nitrogen and oxygen atoms in total. The molecule has 0 radical (unpaired) electrons. The van der Waals surface area contributed by atoms with Crippen LogP contribution in [0, 0.1) is 10.1 Å². The Labute approximate surface area is 166 Å². The van der Waals surface area contributed by atoms with Gasteiger partial charge in [-0.25, -0.2) is 4.79 Å². The van der Waals surface area contributed by atoms with Crippen molar-refractivity contribution < 1.29 is 50.5 Å². The number of nitrogens with one attached hydrogen (secondary N) is 1. The molecular formula is C17H15N2NaO5. The zero-order valence-electron chi connectivity index (χ0n) is 14.8. The van der Waals surface area contributed by atoms with E-state index in [0.717, 1.165) is 22.0 Å². The number of aromatic carboxylic acids is 1. The molecule has 0 fully saturated rings. The minimum atomic E-state index is -1.03. The van der Waals surface area contributed by atoms with Crippen LogP contribution >= 0.6 is 0 Å². The Morgan fingerprint density at radius 1 is 1.28 bits per heavy atom. The first kappa shape index (κ1) is 19.0. The molecule has 3 rings (SSSR count). The van der Waals surface area contributed by atoms with E-state index in [1.165, 1.54) is 31.4 Å². The average molecular weight is 350 g/mol. The van der Waals surface area contributed by atoms with E-state index in [1.54, 1.807) is 18.3 Å². The summed E-state index contributed by atoms with van der Waals surface area (Å²) in [6.45, 7) is 0. The number of carboxylic acid groups (broad SMARTS) is 1. The predicted octanol–water partition coefficient (Wildman–Crippen LogP) is 0.490. The van der Waals surface area contributed by atoms with Crippen molar-refractivity contribution in [2.75, 3.05) is 7.11 Å². The van der Waals surface area contributed by atoms with E-state index in [1.807, 2.05) is 0 Å². The number of carbonyl (C=O) groups is 1. The molecule has 0 aliphatic carbocycles. The third-order valence-corrected chi connectivity index (χ3v) is 3.88. The minimum Gasteiger partial charge on any atom is -1.00 e. The molecule has 8 heteroatoms. The molecule has 0 atom stereocenters. The maximum atomic E-state index is 11.0. The van der Waals surface area contributed by atoms with E-state index >= 15 is 0 Å². The van der Waals surface area contributed by atoms with Crippen molar-refractivity contribution in [3.8, 4) is 5.75 Å². The quantitative estimate of drug-likeness (QED) is 0.396. The molecule has 0 spiro atoms. The molecule has 25 heavy (non-hydrogen) atoms. The summed E-state index contributed by atoms with van der Waals surface area (Å²) in [7, 11) is 1.48. The number of hydrogen-bond acceptors (Lipinski definition) is 4. The van der Waals surface area contributed by atoms with Gasteiger partial charge in [-0.2, -0.15) is 0 Å². The van der Waals surface area contributed by atoms with Crippen LogP contribution in [-0.2, 0) is 6.42 Å². The van der Waals surface area contributed by atoms with Crippen molar-refractivity contribution in [1.82, 2.24) is 4.98 Å². The third kappa shape index (κ3) is 3.84. The van der Waals surface area contributed by atoms with Crippen LogP contribution in [0.5, 0.6) is 5.75 Å². The van der Waals surface area contributed by atoms with E-state index < -0.39 is 10.9 Å². The monoisotopic (exact) mass is 350 g/mol. The number of nitro benzene ring substituents is 1. The van der Waals surface area contributed by atoms with Crippen LogP contribution in [0.3, 0.4) is 0 Å². The number of carboxylic acids is 1. The van der Waals surface area contributed by atoms with E-state index in [2.05, 4.69) is 4.98 Å². The maximum Gasteiger partial charge on any atom is 1.00 e. The number of benzene rings is 2. The number of aromatic amines is 1. The van der Waals surface area contributed by atoms with Gasteiger partial charge in [0.15, 0.2) is 0 Å². The first-order valence-electron chi connectivity index (χ1n) is 7.14. The molecule has 0 saturated carbocycles. The number of rotatable bonds is 5. The van der Waals surface area contributed by atoms with Gasteiger partial charge < -0.3 is 16.3 Å². The molecule has 0 unspecified atom stereocenters. The standard InChI is InChI=1S/C17H14N2O5.Na.H/c1-24-16-7-11(17(20)21)3-2-10(16)6-12-9-18-15-5-4-13(19(22)23)8-14(12)15;;/h2-5,7-9,18H,6H2,1H3,(H,20,21);;/q;+1;-1. The van der Waals surface area contributed by atoms with Crippen LogP contribution in [0.4, 0.5) is 5.69 Å². The van der Waals surface area contributed by atoms with Gasteiger partial charge in [-0.05, 0) is 29.3 Å². The van der Waals surface area contributed by atoms with Gasteiger partial charge >= 0.3 is 35.5 Å². The third-order valence-electron chi connectivity index (χ3n) is 3.88. The van der Waals surface area contributed by atoms with Crippen LogP contribution in [0.1, 0.15) is 22.9 Å². The first-order chi connectivity index (χ1) is 11.5. The van der Waals surface area contributed by atoms with Gasteiger partial charge in [0, 0.05) is 35.7 Å². The molecule has 0 bridgehead atoms. The molecule has 124 valence electrons. The van der Waals surface area contributed by atoms with Gasteiger partial charge in [0.1, 0.15) is 5.75 Å². The van der Waals surface area contributed by atoms with Crippen molar-refractivity contribution in [3.63, 3.8) is 0 Å². The van der Waals surface area contributed by atoms with Gasteiger partial charge in [0.25, 0.3) is 5.69 Å². The Bertz CT molecular complexity index is 957. The van der Waals surface area contributed by atoms with Crippen molar-refractivity contribution in [3.05, 3.63) is 69.4 Å². The average Bonchev–Trinajstić information content (AvgIpc) is 2.97. The fraction of sp³-hybridized carbons (Fsp3) is 0.118. The minimum absolute atomic E-state index is 0. The van der Waals surface area contributed by atoms with E-state index in [4.69, 9.17) is 9.84 Å². The molecule has 2 N–H and O–H groups in total. The molecule has 3 aromatic rings. The SMILES string of the molecule is COc1cc(C(=O)O)ccc1Cc1c[nH]c2ccc([N+](=O)[O-])cc12.[H-].[Na+]. The summed E-state index contributed by atoms with van der Waals surface area (Å²) >= 11 is 0. The summed E-state index contributed by atoms with van der Waals surface area (Å²) < 4.78 is 5.28. The second kappa shape index (κ2) is 7.69. The Morgan fingerprint density at radius 2 is 2.04 bits per heavy atom. The van der Waals surface area contributed by atoms with E-state index in [-0.39, 0.29) is 42.2 Å². The number of H-pyrrole nitrogens is 1. The van der Waals surface area contributed by atoms with Gasteiger partial charge in [-0.1, -0.05) is 6.07 Å². The van der Waals surface area contributed by atoms with Crippen LogP contribution in [0.15, 0.2) is 42.6 Å². The zero-order valence-corrected chi connectivity index (χ0v) is 15.8. The van der Waals surface area contributed by atoms with E-state index in [0.29, 0.717) is 12.2 Å². The first-order valence-corrected chi connectivity index (χ1v) is 7.14. The molecule has 1 heterocycles. The summed E-state index contributed by atoms with van der Waals surface area (Å²) in [5.74, 6) is -0.558. The fourth-order valence-electron chi connectivity index (χ4n) is 2.66. The van der Waals surface area contributed by atoms with Crippen molar-refractivity contribution in [2.24, 2.45) is 0 Å². The Kier molecular flexibility index (Phi) is 5.84. The number of nitro groups is 1. The molecular weight excluding hydrogens is 335 g/mol. The molecule has 0 aliphatic heterocycles. The fourth-order valence-corrected chi connectivity index (χ4v) is 2.66. The molecule has 0 amide bonds.